The van der Waals surface area contributed by atoms with Gasteiger partial charge in [-0.05, 0) is 67.6 Å². The summed E-state index contributed by atoms with van der Waals surface area (Å²) in [6.45, 7) is 8.35. The first-order valence-corrected chi connectivity index (χ1v) is 29.0. The first-order valence-electron chi connectivity index (χ1n) is 29.0. The maximum absolute atomic E-state index is 6.47. The normalized spacial score (nSPS) is 13.5. The SMILES string of the molecule is CC1(C)OB(c2cccc3c2nc(-c2ccccc2)c2cccc(-c4ccccc4)c23)OC1(C)C.c1ccc(-c2cc(-c3cccc(-c4cccc5c4nc(-c4ccccc4)c4cccc(-c6ccccc6)c45)c3)nc(-c3ccccc3)n2)cc1. The first-order chi connectivity index (χ1) is 41.7. The fourth-order valence-electron chi connectivity index (χ4n) is 11.8. The number of hydrogen-bond acceptors (Lipinski definition) is 6. The molecular formula is C78H59BN4O2. The molecule has 0 aliphatic carbocycles. The van der Waals surface area contributed by atoms with Gasteiger partial charge in [0.25, 0.3) is 0 Å². The lowest BCUT2D eigenvalue weighted by Gasteiger charge is -2.32. The van der Waals surface area contributed by atoms with Gasteiger partial charge in [-0.15, -0.1) is 0 Å². The van der Waals surface area contributed by atoms with Gasteiger partial charge in [0.1, 0.15) is 0 Å². The van der Waals surface area contributed by atoms with E-state index in [0.29, 0.717) is 5.82 Å². The Balaban J connectivity index is 0.000000161. The molecule has 406 valence electrons. The molecule has 0 radical (unpaired) electrons. The number of aromatic nitrogens is 4. The van der Waals surface area contributed by atoms with Crippen LogP contribution < -0.4 is 5.46 Å². The zero-order chi connectivity index (χ0) is 57.5. The number of nitrogens with zero attached hydrogens (tertiary/aromatic N) is 4. The quantitative estimate of drug-likeness (QED) is 0.106. The van der Waals surface area contributed by atoms with E-state index < -0.39 is 18.3 Å². The maximum Gasteiger partial charge on any atom is 0.497 e. The van der Waals surface area contributed by atoms with Crippen molar-refractivity contribution < 1.29 is 9.31 Å². The van der Waals surface area contributed by atoms with Crippen LogP contribution in [0.4, 0.5) is 0 Å². The second-order valence-corrected chi connectivity index (χ2v) is 22.6. The fourth-order valence-corrected chi connectivity index (χ4v) is 11.8. The second-order valence-electron chi connectivity index (χ2n) is 22.6. The van der Waals surface area contributed by atoms with Crippen molar-refractivity contribution >= 4 is 55.9 Å². The summed E-state index contributed by atoms with van der Waals surface area (Å²) in [5, 5.41) is 6.90. The minimum Gasteiger partial charge on any atom is -0.399 e. The van der Waals surface area contributed by atoms with Crippen molar-refractivity contribution in [1.82, 2.24) is 19.9 Å². The van der Waals surface area contributed by atoms with Crippen LogP contribution in [0.3, 0.4) is 0 Å². The van der Waals surface area contributed by atoms with E-state index in [1.54, 1.807) is 0 Å². The molecular weight excluding hydrogens is 1040 g/mol. The molecule has 1 fully saturated rings. The molecule has 6 nitrogen and oxygen atoms in total. The van der Waals surface area contributed by atoms with Crippen LogP contribution >= 0.6 is 0 Å². The number of benzene rings is 11. The second kappa shape index (κ2) is 22.2. The van der Waals surface area contributed by atoms with Gasteiger partial charge in [0.05, 0.1) is 45.0 Å². The van der Waals surface area contributed by atoms with Gasteiger partial charge in [0.15, 0.2) is 5.82 Å². The molecule has 1 aliphatic heterocycles. The largest absolute Gasteiger partial charge is 0.497 e. The molecule has 0 saturated carbocycles. The van der Waals surface area contributed by atoms with Crippen LogP contribution in [0.1, 0.15) is 27.7 Å². The first kappa shape index (κ1) is 52.9. The molecule has 0 amide bonds. The molecule has 15 rings (SSSR count). The molecule has 0 unspecified atom stereocenters. The van der Waals surface area contributed by atoms with Gasteiger partial charge in [-0.2, -0.15) is 0 Å². The van der Waals surface area contributed by atoms with E-state index in [9.17, 15) is 0 Å². The van der Waals surface area contributed by atoms with E-state index in [-0.39, 0.29) is 0 Å². The zero-order valence-corrected chi connectivity index (χ0v) is 47.8. The van der Waals surface area contributed by atoms with E-state index in [4.69, 9.17) is 29.2 Å². The Morgan fingerprint density at radius 1 is 0.282 bits per heavy atom. The minimum atomic E-state index is -0.485. The van der Waals surface area contributed by atoms with Gasteiger partial charge >= 0.3 is 7.12 Å². The van der Waals surface area contributed by atoms with Crippen LogP contribution in [0.2, 0.25) is 0 Å². The standard InChI is InChI=1S/C47H31N3.C31H28BNO2/c1-5-16-32(17-6-1)38-26-14-28-40-44(38)41-29-15-27-39(46(41)50-45(40)34-20-9-3-10-21-34)36-24-13-25-37(30-36)43-31-42(33-18-7-2-8-19-33)48-47(49-43)35-22-11-4-12-23-35;1-30(2)31(3,4)35-32(34-30)26-20-12-19-25-27-23(21-13-7-5-8-14-21)17-11-18-24(27)28(33-29(25)26)22-15-9-6-10-16-22/h1-31H;5-20H,1-4H3. The summed E-state index contributed by atoms with van der Waals surface area (Å²) in [6, 6.07) is 99.4. The monoisotopic (exact) mass is 1090 g/mol. The van der Waals surface area contributed by atoms with Gasteiger partial charge in [0.2, 0.25) is 0 Å². The van der Waals surface area contributed by atoms with Crippen molar-refractivity contribution in [3.63, 3.8) is 0 Å². The van der Waals surface area contributed by atoms with Gasteiger partial charge < -0.3 is 9.31 Å². The summed E-state index contributed by atoms with van der Waals surface area (Å²) in [4.78, 5) is 20.9. The Morgan fingerprint density at radius 3 is 1.15 bits per heavy atom. The van der Waals surface area contributed by atoms with E-state index in [1.165, 1.54) is 33.0 Å². The Morgan fingerprint density at radius 2 is 0.647 bits per heavy atom. The summed E-state index contributed by atoms with van der Waals surface area (Å²) in [7, 11) is -0.485. The van der Waals surface area contributed by atoms with E-state index in [2.05, 4.69) is 270 Å². The van der Waals surface area contributed by atoms with Crippen LogP contribution in [-0.2, 0) is 9.31 Å². The van der Waals surface area contributed by atoms with Crippen molar-refractivity contribution in [2.75, 3.05) is 0 Å². The number of fused-ring (bicyclic) bond motifs is 6. The summed E-state index contributed by atoms with van der Waals surface area (Å²) < 4.78 is 12.9. The van der Waals surface area contributed by atoms with Crippen molar-refractivity contribution in [3.8, 4) is 89.8 Å². The smallest absolute Gasteiger partial charge is 0.399 e. The van der Waals surface area contributed by atoms with Crippen LogP contribution in [0, 0.1) is 0 Å². The highest BCUT2D eigenvalue weighted by molar-refractivity contribution is 6.65. The Hall–Kier alpha value is -10.2. The Labute approximate surface area is 496 Å². The van der Waals surface area contributed by atoms with Gasteiger partial charge in [-0.3, -0.25) is 0 Å². The summed E-state index contributed by atoms with van der Waals surface area (Å²) in [5.41, 5.74) is 17.9. The molecule has 85 heavy (non-hydrogen) atoms. The molecule has 0 bridgehead atoms. The van der Waals surface area contributed by atoms with E-state index in [1.807, 2.05) is 42.5 Å². The molecule has 1 saturated heterocycles. The van der Waals surface area contributed by atoms with Crippen LogP contribution in [-0.4, -0.2) is 38.3 Å². The van der Waals surface area contributed by atoms with Gasteiger partial charge in [0, 0.05) is 71.2 Å². The lowest BCUT2D eigenvalue weighted by molar-refractivity contribution is 0.00578. The van der Waals surface area contributed by atoms with Crippen molar-refractivity contribution in [2.45, 2.75) is 38.9 Å². The predicted molar refractivity (Wildman–Crippen MR) is 353 cm³/mol. The molecule has 11 aromatic carbocycles. The topological polar surface area (TPSA) is 70.0 Å². The van der Waals surface area contributed by atoms with E-state index >= 15 is 0 Å². The highest BCUT2D eigenvalue weighted by Crippen LogP contribution is 2.44. The molecule has 7 heteroatoms. The number of rotatable bonds is 9. The molecule has 0 atom stereocenters. The average molecular weight is 1100 g/mol. The maximum atomic E-state index is 6.47. The summed E-state index contributed by atoms with van der Waals surface area (Å²) in [6.07, 6.45) is 0. The molecule has 4 heterocycles. The lowest BCUT2D eigenvalue weighted by Crippen LogP contribution is -2.41. The van der Waals surface area contributed by atoms with Crippen molar-refractivity contribution in [3.05, 3.63) is 285 Å². The third-order valence-corrected chi connectivity index (χ3v) is 16.8. The molecule has 0 spiro atoms. The van der Waals surface area contributed by atoms with Gasteiger partial charge in [-0.25, -0.2) is 19.9 Å². The average Bonchev–Trinajstić information content (AvgIpc) is 2.00. The molecule has 14 aromatic rings. The zero-order valence-electron chi connectivity index (χ0n) is 47.8. The number of pyridine rings is 2. The minimum absolute atomic E-state index is 0.422. The molecule has 0 N–H and O–H groups in total. The van der Waals surface area contributed by atoms with Crippen LogP contribution in [0.5, 0.6) is 0 Å². The van der Waals surface area contributed by atoms with Crippen LogP contribution in [0.15, 0.2) is 285 Å². The van der Waals surface area contributed by atoms with E-state index in [0.717, 1.165) is 99.8 Å². The number of para-hydroxylation sites is 2. The predicted octanol–water partition coefficient (Wildman–Crippen LogP) is 19.2. The summed E-state index contributed by atoms with van der Waals surface area (Å²) in [5.74, 6) is 0.701. The third kappa shape index (κ3) is 10.0. The van der Waals surface area contributed by atoms with Crippen molar-refractivity contribution in [1.29, 1.82) is 0 Å². The fraction of sp³-hybridized carbons (Fsp3) is 0.0769. The molecule has 3 aromatic heterocycles. The third-order valence-electron chi connectivity index (χ3n) is 16.8. The van der Waals surface area contributed by atoms with Crippen LogP contribution in [0.25, 0.3) is 133 Å². The Kier molecular flexibility index (Phi) is 13.8. The van der Waals surface area contributed by atoms with Crippen molar-refractivity contribution in [2.24, 2.45) is 0 Å². The highest BCUT2D eigenvalue weighted by atomic mass is 16.7. The lowest BCUT2D eigenvalue weighted by atomic mass is 9.76. The highest BCUT2D eigenvalue weighted by Gasteiger charge is 2.52. The Bertz CT molecular complexity index is 4680. The van der Waals surface area contributed by atoms with Gasteiger partial charge in [-0.1, -0.05) is 273 Å². The molecule has 1 aliphatic rings. The summed E-state index contributed by atoms with van der Waals surface area (Å²) >= 11 is 0. The number of hydrogen-bond donors (Lipinski definition) is 0.